The third-order valence-corrected chi connectivity index (χ3v) is 6.25. The van der Waals surface area contributed by atoms with Gasteiger partial charge in [-0.15, -0.1) is 11.8 Å². The van der Waals surface area contributed by atoms with Crippen molar-refractivity contribution in [2.45, 2.75) is 25.9 Å². The highest BCUT2D eigenvalue weighted by Gasteiger charge is 2.32. The summed E-state index contributed by atoms with van der Waals surface area (Å²) in [4.78, 5) is 7.33. The van der Waals surface area contributed by atoms with Crippen molar-refractivity contribution in [3.05, 3.63) is 93.3 Å². The van der Waals surface area contributed by atoms with Gasteiger partial charge in [-0.2, -0.15) is 0 Å². The molecule has 27 heavy (non-hydrogen) atoms. The second-order valence-electron chi connectivity index (χ2n) is 6.87. The van der Waals surface area contributed by atoms with E-state index in [2.05, 4.69) is 70.4 Å². The minimum absolute atomic E-state index is 0.154. The summed E-state index contributed by atoms with van der Waals surface area (Å²) in [6.45, 7) is 8.37. The van der Waals surface area contributed by atoms with Gasteiger partial charge in [0, 0.05) is 39.6 Å². The first-order valence-corrected chi connectivity index (χ1v) is 10.5. The molecule has 0 aliphatic carbocycles. The maximum atomic E-state index is 6.27. The van der Waals surface area contributed by atoms with E-state index in [1.165, 1.54) is 22.2 Å². The normalized spacial score (nSPS) is 17.5. The Hall–Kier alpha value is -1.94. The lowest BCUT2D eigenvalue weighted by molar-refractivity contribution is 0.205. The summed E-state index contributed by atoms with van der Waals surface area (Å²) in [5.41, 5.74) is 5.12. The van der Waals surface area contributed by atoms with Crippen LogP contribution in [0, 0.1) is 0 Å². The van der Waals surface area contributed by atoms with Crippen LogP contribution in [0.1, 0.15) is 29.8 Å². The summed E-state index contributed by atoms with van der Waals surface area (Å²) in [6.07, 6.45) is 3.08. The van der Waals surface area contributed by atoms with Gasteiger partial charge in [0.25, 0.3) is 0 Å². The van der Waals surface area contributed by atoms with Crippen LogP contribution in [-0.2, 0) is 13.0 Å². The standard InChI is InChI=1S/C23H23ClN2S/c1-3-13-27-16(2)23-22-19(20-14-18(24)9-10-21(20)25-22)11-12-26(23)15-17-7-5-4-6-8-17/h3-10,13-14,23,25H,2,11-12,15H2,1H3/b13-3-. The Morgan fingerprint density at radius 2 is 2.11 bits per heavy atom. The second kappa shape index (κ2) is 7.97. The summed E-state index contributed by atoms with van der Waals surface area (Å²) >= 11 is 7.98. The third-order valence-electron chi connectivity index (χ3n) is 5.08. The molecule has 0 fully saturated rings. The Morgan fingerprint density at radius 1 is 1.30 bits per heavy atom. The number of H-pyrrole nitrogens is 1. The summed E-state index contributed by atoms with van der Waals surface area (Å²) < 4.78 is 0. The van der Waals surface area contributed by atoms with E-state index in [4.69, 9.17) is 11.6 Å². The number of halogens is 1. The van der Waals surface area contributed by atoms with Crippen LogP contribution >= 0.6 is 23.4 Å². The van der Waals surface area contributed by atoms with Crippen molar-refractivity contribution in [1.29, 1.82) is 0 Å². The van der Waals surface area contributed by atoms with Crippen molar-refractivity contribution < 1.29 is 0 Å². The molecule has 0 radical (unpaired) electrons. The highest BCUT2D eigenvalue weighted by Crippen LogP contribution is 2.42. The number of allylic oxidation sites excluding steroid dienone is 1. The summed E-state index contributed by atoms with van der Waals surface area (Å²) in [5, 5.41) is 4.14. The van der Waals surface area contributed by atoms with Crippen LogP contribution in [0.4, 0.5) is 0 Å². The minimum Gasteiger partial charge on any atom is -0.357 e. The molecule has 0 saturated carbocycles. The molecule has 0 bridgehead atoms. The van der Waals surface area contributed by atoms with E-state index in [1.807, 2.05) is 13.0 Å². The van der Waals surface area contributed by atoms with Gasteiger partial charge in [-0.1, -0.05) is 54.6 Å². The highest BCUT2D eigenvalue weighted by atomic mass is 35.5. The van der Waals surface area contributed by atoms with Gasteiger partial charge in [0.15, 0.2) is 0 Å². The molecule has 1 aromatic heterocycles. The van der Waals surface area contributed by atoms with E-state index >= 15 is 0 Å². The van der Waals surface area contributed by atoms with E-state index in [0.29, 0.717) is 0 Å². The fourth-order valence-corrected chi connectivity index (χ4v) is 4.76. The zero-order chi connectivity index (χ0) is 18.8. The van der Waals surface area contributed by atoms with Gasteiger partial charge in [-0.3, -0.25) is 4.90 Å². The molecule has 4 rings (SSSR count). The van der Waals surface area contributed by atoms with Gasteiger partial charge in [0.1, 0.15) is 0 Å². The average Bonchev–Trinajstić information content (AvgIpc) is 3.04. The molecule has 1 N–H and O–H groups in total. The van der Waals surface area contributed by atoms with Crippen molar-refractivity contribution in [3.63, 3.8) is 0 Å². The van der Waals surface area contributed by atoms with Crippen molar-refractivity contribution in [3.8, 4) is 0 Å². The van der Waals surface area contributed by atoms with Crippen LogP contribution in [0.25, 0.3) is 10.9 Å². The predicted molar refractivity (Wildman–Crippen MR) is 118 cm³/mol. The molecule has 1 aliphatic rings. The Kier molecular flexibility index (Phi) is 5.44. The molecule has 0 spiro atoms. The SMILES string of the molecule is C=C(S/C=C\C)C1c2[nH]c3ccc(Cl)cc3c2CCN1Cc1ccccc1. The van der Waals surface area contributed by atoms with Crippen LogP contribution in [0.15, 0.2) is 71.5 Å². The lowest BCUT2D eigenvalue weighted by Gasteiger charge is -2.36. The minimum atomic E-state index is 0.154. The number of benzene rings is 2. The van der Waals surface area contributed by atoms with E-state index < -0.39 is 0 Å². The zero-order valence-corrected chi connectivity index (χ0v) is 17.0. The number of rotatable bonds is 5. The van der Waals surface area contributed by atoms with Crippen LogP contribution in [-0.4, -0.2) is 16.4 Å². The van der Waals surface area contributed by atoms with Crippen LogP contribution in [0.5, 0.6) is 0 Å². The molecule has 1 atom stereocenters. The summed E-state index contributed by atoms with van der Waals surface area (Å²) in [7, 11) is 0. The predicted octanol–water partition coefficient (Wildman–Crippen LogP) is 6.70. The molecule has 2 nitrogen and oxygen atoms in total. The van der Waals surface area contributed by atoms with E-state index in [0.717, 1.165) is 35.0 Å². The fraction of sp³-hybridized carbons (Fsp3) is 0.217. The maximum Gasteiger partial charge on any atom is 0.0816 e. The summed E-state index contributed by atoms with van der Waals surface area (Å²) in [5.74, 6) is 0. The number of hydrogen-bond donors (Lipinski definition) is 1. The van der Waals surface area contributed by atoms with Crippen LogP contribution in [0.3, 0.4) is 0 Å². The number of fused-ring (bicyclic) bond motifs is 3. The van der Waals surface area contributed by atoms with Crippen molar-refractivity contribution in [1.82, 2.24) is 9.88 Å². The maximum absolute atomic E-state index is 6.27. The van der Waals surface area contributed by atoms with Crippen molar-refractivity contribution >= 4 is 34.3 Å². The van der Waals surface area contributed by atoms with Crippen molar-refractivity contribution in [2.75, 3.05) is 6.54 Å². The third kappa shape index (κ3) is 3.73. The topological polar surface area (TPSA) is 19.0 Å². The van der Waals surface area contributed by atoms with Crippen LogP contribution in [0.2, 0.25) is 5.02 Å². The van der Waals surface area contributed by atoms with E-state index in [9.17, 15) is 0 Å². The Morgan fingerprint density at radius 3 is 2.89 bits per heavy atom. The fourth-order valence-electron chi connectivity index (χ4n) is 3.88. The molecule has 4 heteroatoms. The zero-order valence-electron chi connectivity index (χ0n) is 15.4. The van der Waals surface area contributed by atoms with E-state index in [-0.39, 0.29) is 6.04 Å². The van der Waals surface area contributed by atoms with Gasteiger partial charge in [-0.25, -0.2) is 0 Å². The Balaban J connectivity index is 1.76. The van der Waals surface area contributed by atoms with Gasteiger partial charge in [0.2, 0.25) is 0 Å². The largest absolute Gasteiger partial charge is 0.357 e. The molecule has 0 saturated heterocycles. The number of nitrogens with zero attached hydrogens (tertiary/aromatic N) is 1. The lowest BCUT2D eigenvalue weighted by atomic mass is 9.96. The molecule has 0 amide bonds. The van der Waals surface area contributed by atoms with Gasteiger partial charge >= 0.3 is 0 Å². The van der Waals surface area contributed by atoms with E-state index in [1.54, 1.807) is 11.8 Å². The molecule has 2 heterocycles. The Bertz CT molecular complexity index is 990. The molecule has 1 aliphatic heterocycles. The number of aromatic amines is 1. The molecule has 1 unspecified atom stereocenters. The molecule has 2 aromatic carbocycles. The smallest absolute Gasteiger partial charge is 0.0816 e. The number of nitrogens with one attached hydrogen (secondary N) is 1. The first kappa shape index (κ1) is 18.4. The van der Waals surface area contributed by atoms with Gasteiger partial charge in [-0.05, 0) is 48.1 Å². The summed E-state index contributed by atoms with van der Waals surface area (Å²) in [6, 6.07) is 16.9. The number of thioether (sulfide) groups is 1. The van der Waals surface area contributed by atoms with Gasteiger partial charge in [0.05, 0.1) is 6.04 Å². The molecular weight excluding hydrogens is 372 g/mol. The molecular formula is C23H23ClN2S. The number of hydrogen-bond acceptors (Lipinski definition) is 2. The van der Waals surface area contributed by atoms with Crippen molar-refractivity contribution in [2.24, 2.45) is 0 Å². The monoisotopic (exact) mass is 394 g/mol. The Labute approximate surface area is 169 Å². The first-order valence-electron chi connectivity index (χ1n) is 9.22. The molecule has 3 aromatic rings. The average molecular weight is 395 g/mol. The lowest BCUT2D eigenvalue weighted by Crippen LogP contribution is -2.35. The van der Waals surface area contributed by atoms with Crippen LogP contribution < -0.4 is 0 Å². The van der Waals surface area contributed by atoms with Gasteiger partial charge < -0.3 is 4.98 Å². The highest BCUT2D eigenvalue weighted by molar-refractivity contribution is 8.05. The second-order valence-corrected chi connectivity index (χ2v) is 8.34. The molecule has 138 valence electrons. The quantitative estimate of drug-likeness (QED) is 0.519. The first-order chi connectivity index (χ1) is 13.2. The number of aromatic nitrogens is 1.